The number of hydrogen-bond acceptors (Lipinski definition) is 0. The first-order valence-corrected chi connectivity index (χ1v) is 23.6. The summed E-state index contributed by atoms with van der Waals surface area (Å²) in [6.45, 7) is 41.5. The molecule has 2 aliphatic carbocycles. The molecule has 0 nitrogen and oxygen atoms in total. The van der Waals surface area contributed by atoms with Crippen LogP contribution < -0.4 is 28.1 Å². The van der Waals surface area contributed by atoms with E-state index in [2.05, 4.69) is 178 Å². The van der Waals surface area contributed by atoms with Gasteiger partial charge in [0.2, 0.25) is 0 Å². The van der Waals surface area contributed by atoms with Crippen molar-refractivity contribution in [2.75, 3.05) is 0 Å². The Morgan fingerprint density at radius 3 is 1.68 bits per heavy atom. The molecule has 5 rings (SSSR count). The van der Waals surface area contributed by atoms with E-state index in [-0.39, 0.29) is 51.9 Å². The molecule has 0 radical (unpaired) electrons. The average Bonchev–Trinajstić information content (AvgIpc) is 3.59. The average molecular weight is 833 g/mol. The van der Waals surface area contributed by atoms with E-state index in [0.717, 1.165) is 6.42 Å². The molecule has 0 saturated carbocycles. The Bertz CT molecular complexity index is 1900. The fourth-order valence-electron chi connectivity index (χ4n) is 8.66. The Morgan fingerprint density at radius 1 is 0.660 bits per heavy atom. The zero-order chi connectivity index (χ0) is 38.1. The predicted octanol–water partition coefficient (Wildman–Crippen LogP) is 7.62. The third-order valence-electron chi connectivity index (χ3n) is 11.5. The van der Waals surface area contributed by atoms with Gasteiger partial charge in [-0.15, -0.1) is 0 Å². The molecule has 0 saturated heterocycles. The number of hydrogen-bond donors (Lipinski definition) is 0. The molecule has 288 valence electrons. The first-order chi connectivity index (χ1) is 23.4. The molecule has 0 aromatic heterocycles. The molecule has 53 heavy (non-hydrogen) atoms. The van der Waals surface area contributed by atoms with Crippen LogP contribution in [-0.2, 0) is 49.3 Å². The van der Waals surface area contributed by atoms with Crippen LogP contribution in [0.3, 0.4) is 0 Å². The summed E-state index contributed by atoms with van der Waals surface area (Å²) in [6, 6.07) is 19.4. The number of fused-ring (bicyclic) bond motifs is 3. The molecule has 0 N–H and O–H groups in total. The zero-order valence-corrected chi connectivity index (χ0v) is 40.4. The van der Waals surface area contributed by atoms with Crippen molar-refractivity contribution in [2.45, 2.75) is 165 Å². The molecule has 3 aromatic carbocycles. The third-order valence-corrected chi connectivity index (χ3v) is 19.3. The van der Waals surface area contributed by atoms with Crippen molar-refractivity contribution >= 4 is 6.48 Å². The van der Waals surface area contributed by atoms with E-state index in [1.807, 2.05) is 0 Å². The fraction of sp³-hybridized carbons (Fsp3) is 0.540. The Morgan fingerprint density at radius 2 is 1.19 bits per heavy atom. The summed E-state index contributed by atoms with van der Waals surface area (Å²) in [5, 5.41) is 0. The normalized spacial score (nSPS) is 16.2. The van der Waals surface area contributed by atoms with E-state index >= 15 is 0 Å². The number of halogens is 2. The van der Waals surface area contributed by atoms with Crippen molar-refractivity contribution in [1.82, 2.24) is 0 Å². The standard InChI is InChI=1S/C29H41.C13H21.C8H8.2ClH.Zr/c1-26(2,3)22-14-18-13-19-15-23(27(4,5)6)25(29(10,11)12)17-21(19)20(18)16-24(22)28(7,8)9;1-5-6-7-11-8-9-12(10-11)13(2,3)4;1-2-8-6-4-3-5-7-8;;;/h14,16-17H,13H2,1-12H3;9-11H,5-7H2,1-4H3;3-7H,1H3;2*1H;/q;;;;;+2/p-2. The van der Waals surface area contributed by atoms with E-state index < -0.39 is 21.3 Å². The number of benzene rings is 3. The van der Waals surface area contributed by atoms with Gasteiger partial charge in [-0.05, 0) is 0 Å². The van der Waals surface area contributed by atoms with Gasteiger partial charge in [0.05, 0.1) is 0 Å². The summed E-state index contributed by atoms with van der Waals surface area (Å²) in [6.07, 6.45) is 10.3. The summed E-state index contributed by atoms with van der Waals surface area (Å²) in [5.41, 5.74) is 15.7. The second-order valence-electron chi connectivity index (χ2n) is 21.0. The van der Waals surface area contributed by atoms with E-state index in [0.29, 0.717) is 5.92 Å². The van der Waals surface area contributed by atoms with Gasteiger partial charge in [-0.25, -0.2) is 0 Å². The van der Waals surface area contributed by atoms with Crippen molar-refractivity contribution in [2.24, 2.45) is 11.3 Å². The monoisotopic (exact) mass is 830 g/mol. The minimum Gasteiger partial charge on any atom is -1.00 e. The predicted molar refractivity (Wildman–Crippen MR) is 224 cm³/mol. The summed E-state index contributed by atoms with van der Waals surface area (Å²) in [7, 11) is 0. The molecule has 0 amide bonds. The van der Waals surface area contributed by atoms with Crippen LogP contribution in [0.5, 0.6) is 0 Å². The van der Waals surface area contributed by atoms with Gasteiger partial charge in [-0.2, -0.15) is 0 Å². The molecule has 3 aromatic rings. The fourth-order valence-corrected chi connectivity index (χ4v) is 17.8. The van der Waals surface area contributed by atoms with Gasteiger partial charge in [-0.1, -0.05) is 0 Å². The van der Waals surface area contributed by atoms with Crippen LogP contribution in [0, 0.1) is 11.3 Å². The van der Waals surface area contributed by atoms with E-state index in [9.17, 15) is 0 Å². The SMILES string of the molecule is CCCCC1C=C(C(C)(C)C)C=[C]1/[Zr+2](=[C](\C)c1ccccc1)[c]1c2c(cc(C(C)(C)C)c1C(C)(C)C)-c1cc(C(C)(C)C)c(C(C)(C)C)cc1C2.[Cl-].[Cl-]. The van der Waals surface area contributed by atoms with Gasteiger partial charge >= 0.3 is 324 Å². The van der Waals surface area contributed by atoms with Crippen LogP contribution >= 0.6 is 0 Å². The number of unbranched alkanes of at least 4 members (excludes halogenated alkanes) is 1. The Hall–Kier alpha value is -1.53. The molecule has 0 spiro atoms. The number of rotatable bonds is 6. The molecule has 0 fully saturated rings. The minimum absolute atomic E-state index is 0. The van der Waals surface area contributed by atoms with E-state index in [1.54, 1.807) is 32.0 Å². The molecular weight excluding hydrogens is 763 g/mol. The quantitative estimate of drug-likeness (QED) is 0.188. The molecule has 0 heterocycles. The molecule has 3 heteroatoms. The smallest absolute Gasteiger partial charge is 1.00 e. The first-order valence-electron chi connectivity index (χ1n) is 20.0. The van der Waals surface area contributed by atoms with Crippen LogP contribution in [-0.4, -0.2) is 3.21 Å². The van der Waals surface area contributed by atoms with Crippen LogP contribution in [0.15, 0.2) is 69.5 Å². The van der Waals surface area contributed by atoms with Gasteiger partial charge in [0.1, 0.15) is 0 Å². The minimum atomic E-state index is -2.85. The summed E-state index contributed by atoms with van der Waals surface area (Å²) < 4.78 is 5.27. The van der Waals surface area contributed by atoms with Gasteiger partial charge in [0.25, 0.3) is 0 Å². The molecule has 1 unspecified atom stereocenters. The van der Waals surface area contributed by atoms with Gasteiger partial charge in [-0.3, -0.25) is 0 Å². The first kappa shape index (κ1) is 45.9. The molecule has 2 aliphatic rings. The third kappa shape index (κ3) is 9.37. The van der Waals surface area contributed by atoms with E-state index in [4.69, 9.17) is 0 Å². The second-order valence-corrected chi connectivity index (χ2v) is 27.4. The van der Waals surface area contributed by atoms with E-state index in [1.165, 1.54) is 52.6 Å². The van der Waals surface area contributed by atoms with Crippen LogP contribution in [0.25, 0.3) is 11.1 Å². The van der Waals surface area contributed by atoms with Crippen LogP contribution in [0.4, 0.5) is 0 Å². The van der Waals surface area contributed by atoms with Gasteiger partial charge in [0.15, 0.2) is 0 Å². The molecule has 0 bridgehead atoms. The maximum atomic E-state index is 2.74. The Kier molecular flexibility index (Phi) is 14.0. The van der Waals surface area contributed by atoms with Crippen LogP contribution in [0.1, 0.15) is 176 Å². The maximum Gasteiger partial charge on any atom is -1.00 e. The topological polar surface area (TPSA) is 0 Å². The van der Waals surface area contributed by atoms with Crippen molar-refractivity contribution in [3.8, 4) is 11.1 Å². The summed E-state index contributed by atoms with van der Waals surface area (Å²) in [5.74, 6) is 0.526. The van der Waals surface area contributed by atoms with Crippen molar-refractivity contribution in [3.05, 3.63) is 108 Å². The largest absolute Gasteiger partial charge is 1.00 e. The van der Waals surface area contributed by atoms with Crippen molar-refractivity contribution in [1.29, 1.82) is 0 Å². The Balaban J connectivity index is 0.00000378. The second kappa shape index (κ2) is 16.1. The van der Waals surface area contributed by atoms with Crippen LogP contribution in [0.2, 0.25) is 0 Å². The molecular formula is C50H70Cl2Zr. The summed E-state index contributed by atoms with van der Waals surface area (Å²) in [4.78, 5) is 0. The zero-order valence-electron chi connectivity index (χ0n) is 36.4. The Labute approximate surface area is 346 Å². The molecule has 0 aliphatic heterocycles. The van der Waals surface area contributed by atoms with Crippen molar-refractivity contribution < 1.29 is 46.1 Å². The van der Waals surface area contributed by atoms with Crippen molar-refractivity contribution in [3.63, 3.8) is 0 Å². The van der Waals surface area contributed by atoms with Gasteiger partial charge < -0.3 is 24.8 Å². The summed E-state index contributed by atoms with van der Waals surface area (Å²) >= 11 is -2.85. The maximum absolute atomic E-state index is 2.85. The van der Waals surface area contributed by atoms with Gasteiger partial charge in [0, 0.05) is 0 Å². The molecule has 1 atom stereocenters. The number of allylic oxidation sites excluding steroid dienone is 4.